The number of carbonyl (C=O) groups is 1. The standard InChI is InChI=1S/C18H30N4O4S/c1-20-10-12-21(13-11-20)17-7-5-16(6-8-17)19-18(23)15-22(27(3,24)25)9-4-14-26-2/h5-8H,4,9-15H2,1-3H3,(H,19,23). The van der Waals surface area contributed by atoms with E-state index in [0.717, 1.165) is 38.1 Å². The van der Waals surface area contributed by atoms with Crippen molar-refractivity contribution in [2.45, 2.75) is 6.42 Å². The maximum Gasteiger partial charge on any atom is 0.239 e. The third-order valence-electron chi connectivity index (χ3n) is 4.56. The maximum atomic E-state index is 12.3. The highest BCUT2D eigenvalue weighted by molar-refractivity contribution is 7.88. The van der Waals surface area contributed by atoms with Crippen LogP contribution >= 0.6 is 0 Å². The quantitative estimate of drug-likeness (QED) is 0.616. The molecule has 0 radical (unpaired) electrons. The lowest BCUT2D eigenvalue weighted by molar-refractivity contribution is -0.116. The molecule has 152 valence electrons. The average Bonchev–Trinajstić information content (AvgIpc) is 2.61. The van der Waals surface area contributed by atoms with E-state index in [0.29, 0.717) is 18.7 Å². The van der Waals surface area contributed by atoms with Crippen molar-refractivity contribution in [3.63, 3.8) is 0 Å². The van der Waals surface area contributed by atoms with Crippen molar-refractivity contribution in [2.75, 3.05) is 76.5 Å². The van der Waals surface area contributed by atoms with E-state index < -0.39 is 10.0 Å². The summed E-state index contributed by atoms with van der Waals surface area (Å²) >= 11 is 0. The van der Waals surface area contributed by atoms with E-state index in [1.54, 1.807) is 7.11 Å². The monoisotopic (exact) mass is 398 g/mol. The number of piperazine rings is 1. The van der Waals surface area contributed by atoms with Crippen molar-refractivity contribution in [2.24, 2.45) is 0 Å². The van der Waals surface area contributed by atoms with Crippen LogP contribution in [0.15, 0.2) is 24.3 Å². The SMILES string of the molecule is COCCCN(CC(=O)Nc1ccc(N2CCN(C)CC2)cc1)S(C)(=O)=O. The number of likely N-dealkylation sites (N-methyl/N-ethyl adjacent to an activating group) is 1. The van der Waals surface area contributed by atoms with Crippen LogP contribution in [-0.2, 0) is 19.6 Å². The first kappa shape index (κ1) is 21.6. The third kappa shape index (κ3) is 7.10. The van der Waals surface area contributed by atoms with Crippen LogP contribution in [0.3, 0.4) is 0 Å². The third-order valence-corrected chi connectivity index (χ3v) is 5.81. The number of nitrogens with zero attached hydrogens (tertiary/aromatic N) is 3. The first-order valence-corrected chi connectivity index (χ1v) is 10.9. The van der Waals surface area contributed by atoms with Crippen LogP contribution < -0.4 is 10.2 Å². The second-order valence-corrected chi connectivity index (χ2v) is 8.81. The Balaban J connectivity index is 1.90. The van der Waals surface area contributed by atoms with Crippen LogP contribution in [0.25, 0.3) is 0 Å². The van der Waals surface area contributed by atoms with E-state index >= 15 is 0 Å². The Morgan fingerprint density at radius 2 is 1.81 bits per heavy atom. The molecule has 0 atom stereocenters. The number of rotatable bonds is 9. The van der Waals surface area contributed by atoms with Crippen molar-refractivity contribution in [3.8, 4) is 0 Å². The van der Waals surface area contributed by atoms with E-state index in [1.807, 2.05) is 24.3 Å². The van der Waals surface area contributed by atoms with E-state index in [1.165, 1.54) is 4.31 Å². The number of methoxy groups -OCH3 is 1. The van der Waals surface area contributed by atoms with E-state index in [9.17, 15) is 13.2 Å². The number of benzene rings is 1. The fraction of sp³-hybridized carbons (Fsp3) is 0.611. The molecule has 2 rings (SSSR count). The molecule has 1 N–H and O–H groups in total. The number of hydrogen-bond donors (Lipinski definition) is 1. The van der Waals surface area contributed by atoms with Gasteiger partial charge in [0, 0.05) is 57.8 Å². The molecule has 0 unspecified atom stereocenters. The van der Waals surface area contributed by atoms with Crippen molar-refractivity contribution >= 4 is 27.3 Å². The summed E-state index contributed by atoms with van der Waals surface area (Å²) in [5.74, 6) is -0.356. The molecule has 9 heteroatoms. The van der Waals surface area contributed by atoms with Crippen LogP contribution in [0.5, 0.6) is 0 Å². The highest BCUT2D eigenvalue weighted by atomic mass is 32.2. The molecule has 0 aromatic heterocycles. The molecule has 0 aliphatic carbocycles. The van der Waals surface area contributed by atoms with Crippen molar-refractivity contribution in [3.05, 3.63) is 24.3 Å². The topological polar surface area (TPSA) is 82.2 Å². The van der Waals surface area contributed by atoms with Crippen LogP contribution in [0.1, 0.15) is 6.42 Å². The molecule has 1 aliphatic heterocycles. The molecular weight excluding hydrogens is 368 g/mol. The van der Waals surface area contributed by atoms with Gasteiger partial charge in [-0.05, 0) is 37.7 Å². The minimum absolute atomic E-state index is 0.206. The van der Waals surface area contributed by atoms with Gasteiger partial charge >= 0.3 is 0 Å². The first-order chi connectivity index (χ1) is 12.8. The van der Waals surface area contributed by atoms with Crippen LogP contribution in [-0.4, -0.2) is 89.8 Å². The van der Waals surface area contributed by atoms with Gasteiger partial charge in [-0.2, -0.15) is 4.31 Å². The number of ether oxygens (including phenoxy) is 1. The fourth-order valence-corrected chi connectivity index (χ4v) is 3.74. The number of carbonyl (C=O) groups excluding carboxylic acids is 1. The molecule has 1 amide bonds. The minimum Gasteiger partial charge on any atom is -0.385 e. The predicted molar refractivity (Wildman–Crippen MR) is 108 cm³/mol. The summed E-state index contributed by atoms with van der Waals surface area (Å²) in [5.41, 5.74) is 1.78. The van der Waals surface area contributed by atoms with Crippen molar-refractivity contribution < 1.29 is 17.9 Å². The smallest absolute Gasteiger partial charge is 0.239 e. The van der Waals surface area contributed by atoms with Gasteiger partial charge in [0.25, 0.3) is 0 Å². The van der Waals surface area contributed by atoms with E-state index in [-0.39, 0.29) is 19.0 Å². The van der Waals surface area contributed by atoms with Gasteiger partial charge in [-0.3, -0.25) is 4.79 Å². The molecule has 1 heterocycles. The number of anilines is 2. The highest BCUT2D eigenvalue weighted by Gasteiger charge is 2.20. The van der Waals surface area contributed by atoms with Crippen molar-refractivity contribution in [1.29, 1.82) is 0 Å². The molecule has 27 heavy (non-hydrogen) atoms. The second kappa shape index (κ2) is 10.0. The summed E-state index contributed by atoms with van der Waals surface area (Å²) < 4.78 is 29.8. The molecule has 1 saturated heterocycles. The normalized spacial score (nSPS) is 15.9. The Hall–Kier alpha value is -1.68. The lowest BCUT2D eigenvalue weighted by Gasteiger charge is -2.34. The maximum absolute atomic E-state index is 12.3. The summed E-state index contributed by atoms with van der Waals surface area (Å²) in [6.45, 7) is 4.51. The zero-order valence-electron chi connectivity index (χ0n) is 16.3. The summed E-state index contributed by atoms with van der Waals surface area (Å²) in [4.78, 5) is 16.9. The largest absolute Gasteiger partial charge is 0.385 e. The van der Waals surface area contributed by atoms with E-state index in [4.69, 9.17) is 4.74 Å². The molecule has 0 bridgehead atoms. The molecular formula is C18H30N4O4S. The Morgan fingerprint density at radius 3 is 2.37 bits per heavy atom. The second-order valence-electron chi connectivity index (χ2n) is 6.83. The molecule has 1 aromatic rings. The highest BCUT2D eigenvalue weighted by Crippen LogP contribution is 2.19. The number of amides is 1. The Labute approximate surface area is 162 Å². The van der Waals surface area contributed by atoms with Gasteiger partial charge in [0.05, 0.1) is 12.8 Å². The lowest BCUT2D eigenvalue weighted by atomic mass is 10.2. The van der Waals surface area contributed by atoms with Crippen LogP contribution in [0, 0.1) is 0 Å². The molecule has 0 saturated carbocycles. The van der Waals surface area contributed by atoms with Gasteiger partial charge in [-0.25, -0.2) is 8.42 Å². The van der Waals surface area contributed by atoms with Gasteiger partial charge in [0.15, 0.2) is 0 Å². The zero-order valence-corrected chi connectivity index (χ0v) is 17.2. The zero-order chi connectivity index (χ0) is 19.9. The lowest BCUT2D eigenvalue weighted by Crippen LogP contribution is -2.44. The number of nitrogens with one attached hydrogen (secondary N) is 1. The van der Waals surface area contributed by atoms with Crippen LogP contribution in [0.4, 0.5) is 11.4 Å². The van der Waals surface area contributed by atoms with Gasteiger partial charge in [-0.1, -0.05) is 0 Å². The Kier molecular flexibility index (Phi) is 8.03. The predicted octanol–water partition coefficient (Wildman–Crippen LogP) is 0.675. The molecule has 1 aromatic carbocycles. The number of sulfonamides is 1. The Bertz CT molecular complexity index is 701. The van der Waals surface area contributed by atoms with Crippen LogP contribution in [0.2, 0.25) is 0 Å². The van der Waals surface area contributed by atoms with Crippen molar-refractivity contribution in [1.82, 2.24) is 9.21 Å². The summed E-state index contributed by atoms with van der Waals surface area (Å²) in [6.07, 6.45) is 1.65. The molecule has 8 nitrogen and oxygen atoms in total. The summed E-state index contributed by atoms with van der Waals surface area (Å²) in [6, 6.07) is 7.66. The first-order valence-electron chi connectivity index (χ1n) is 9.07. The van der Waals surface area contributed by atoms with Gasteiger partial charge in [-0.15, -0.1) is 0 Å². The molecule has 0 spiro atoms. The number of hydrogen-bond acceptors (Lipinski definition) is 6. The average molecular weight is 399 g/mol. The fourth-order valence-electron chi connectivity index (χ4n) is 2.93. The molecule has 1 aliphatic rings. The minimum atomic E-state index is -3.45. The Morgan fingerprint density at radius 1 is 1.19 bits per heavy atom. The summed E-state index contributed by atoms with van der Waals surface area (Å²) in [7, 11) is 0.223. The van der Waals surface area contributed by atoms with Gasteiger partial charge in [0.1, 0.15) is 0 Å². The summed E-state index contributed by atoms with van der Waals surface area (Å²) in [5, 5.41) is 2.77. The van der Waals surface area contributed by atoms with E-state index in [2.05, 4.69) is 22.2 Å². The molecule has 1 fully saturated rings. The van der Waals surface area contributed by atoms with Gasteiger partial charge < -0.3 is 19.9 Å². The van der Waals surface area contributed by atoms with Gasteiger partial charge in [0.2, 0.25) is 15.9 Å².